The van der Waals surface area contributed by atoms with Crippen LogP contribution in [0.1, 0.15) is 22.3 Å². The summed E-state index contributed by atoms with van der Waals surface area (Å²) in [6.07, 6.45) is 4.25. The average Bonchev–Trinajstić information content (AvgIpc) is 2.88. The van der Waals surface area contributed by atoms with Crippen LogP contribution in [0.3, 0.4) is 0 Å². The average molecular weight is 464 g/mol. The van der Waals surface area contributed by atoms with Gasteiger partial charge in [0.05, 0.1) is 27.8 Å². The standard InChI is InChI=1S/C26H29N3O5/c1-32-22-13-18(14-23(33-2)25(22)34-3)15-24(30)28-11-6-12-29-26(31)20-8-4-7-19(16-20)21-9-5-10-27-17-21/h4-5,7-10,13-14,16-17H,6,11-12,15H2,1-3H3,(H,28,30)(H,29,31). The number of amides is 2. The Bertz CT molecular complexity index is 1090. The highest BCUT2D eigenvalue weighted by Crippen LogP contribution is 2.38. The maximum atomic E-state index is 12.5. The minimum absolute atomic E-state index is 0.134. The lowest BCUT2D eigenvalue weighted by molar-refractivity contribution is -0.120. The summed E-state index contributed by atoms with van der Waals surface area (Å²) in [5, 5.41) is 5.76. The van der Waals surface area contributed by atoms with Gasteiger partial charge in [-0.15, -0.1) is 0 Å². The van der Waals surface area contributed by atoms with E-state index in [1.165, 1.54) is 21.3 Å². The van der Waals surface area contributed by atoms with E-state index in [0.717, 1.165) is 16.7 Å². The van der Waals surface area contributed by atoms with E-state index in [-0.39, 0.29) is 18.2 Å². The zero-order chi connectivity index (χ0) is 24.3. The van der Waals surface area contributed by atoms with Gasteiger partial charge in [0.25, 0.3) is 5.91 Å². The Balaban J connectivity index is 1.45. The number of ether oxygens (including phenoxy) is 3. The molecule has 8 heteroatoms. The first-order valence-corrected chi connectivity index (χ1v) is 10.9. The molecule has 178 valence electrons. The lowest BCUT2D eigenvalue weighted by Crippen LogP contribution is -2.30. The highest BCUT2D eigenvalue weighted by molar-refractivity contribution is 5.95. The molecule has 0 fully saturated rings. The van der Waals surface area contributed by atoms with Crippen molar-refractivity contribution in [2.24, 2.45) is 0 Å². The van der Waals surface area contributed by atoms with Crippen molar-refractivity contribution in [2.75, 3.05) is 34.4 Å². The minimum atomic E-state index is -0.158. The number of nitrogens with zero attached hydrogens (tertiary/aromatic N) is 1. The molecule has 8 nitrogen and oxygen atoms in total. The number of carbonyl (C=O) groups excluding carboxylic acids is 2. The van der Waals surface area contributed by atoms with E-state index >= 15 is 0 Å². The second-order valence-electron chi connectivity index (χ2n) is 7.49. The molecule has 0 aliphatic heterocycles. The predicted octanol–water partition coefficient (Wildman–Crippen LogP) is 3.25. The van der Waals surface area contributed by atoms with Crippen molar-refractivity contribution in [3.05, 3.63) is 72.1 Å². The summed E-state index contributed by atoms with van der Waals surface area (Å²) in [6, 6.07) is 14.7. The van der Waals surface area contributed by atoms with E-state index < -0.39 is 0 Å². The van der Waals surface area contributed by atoms with Gasteiger partial charge in [-0.25, -0.2) is 0 Å². The quantitative estimate of drug-likeness (QED) is 0.424. The Morgan fingerprint density at radius 1 is 0.853 bits per heavy atom. The lowest BCUT2D eigenvalue weighted by atomic mass is 10.0. The van der Waals surface area contributed by atoms with Crippen molar-refractivity contribution in [3.8, 4) is 28.4 Å². The van der Waals surface area contributed by atoms with Crippen molar-refractivity contribution in [2.45, 2.75) is 12.8 Å². The molecule has 0 spiro atoms. The first kappa shape index (κ1) is 24.6. The van der Waals surface area contributed by atoms with Crippen molar-refractivity contribution >= 4 is 11.8 Å². The molecular weight excluding hydrogens is 434 g/mol. The van der Waals surface area contributed by atoms with E-state index in [1.807, 2.05) is 30.3 Å². The van der Waals surface area contributed by atoms with Crippen LogP contribution in [-0.4, -0.2) is 51.2 Å². The number of benzene rings is 2. The van der Waals surface area contributed by atoms with E-state index in [2.05, 4.69) is 15.6 Å². The zero-order valence-corrected chi connectivity index (χ0v) is 19.6. The van der Waals surface area contributed by atoms with Crippen LogP contribution in [0, 0.1) is 0 Å². The van der Waals surface area contributed by atoms with Gasteiger partial charge in [0.1, 0.15) is 0 Å². The first-order valence-electron chi connectivity index (χ1n) is 10.9. The van der Waals surface area contributed by atoms with E-state index in [9.17, 15) is 9.59 Å². The molecule has 0 radical (unpaired) electrons. The van der Waals surface area contributed by atoms with Gasteiger partial charge in [0, 0.05) is 36.6 Å². The van der Waals surface area contributed by atoms with Crippen LogP contribution in [0.5, 0.6) is 17.2 Å². The van der Waals surface area contributed by atoms with Gasteiger partial charge in [-0.1, -0.05) is 18.2 Å². The van der Waals surface area contributed by atoms with Gasteiger partial charge in [0.15, 0.2) is 11.5 Å². The van der Waals surface area contributed by atoms with Crippen LogP contribution in [-0.2, 0) is 11.2 Å². The summed E-state index contributed by atoms with van der Waals surface area (Å²) < 4.78 is 16.0. The molecule has 0 bridgehead atoms. The fraction of sp³-hybridized carbons (Fsp3) is 0.269. The highest BCUT2D eigenvalue weighted by atomic mass is 16.5. The molecule has 3 rings (SSSR count). The Morgan fingerprint density at radius 2 is 1.56 bits per heavy atom. The number of hydrogen-bond acceptors (Lipinski definition) is 6. The highest BCUT2D eigenvalue weighted by Gasteiger charge is 2.15. The molecule has 0 aliphatic rings. The van der Waals surface area contributed by atoms with Gasteiger partial charge in [0.2, 0.25) is 11.7 Å². The Morgan fingerprint density at radius 3 is 2.21 bits per heavy atom. The van der Waals surface area contributed by atoms with Crippen LogP contribution in [0.15, 0.2) is 60.9 Å². The molecule has 0 atom stereocenters. The van der Waals surface area contributed by atoms with Crippen LogP contribution in [0.4, 0.5) is 0 Å². The Labute approximate surface area is 199 Å². The molecule has 34 heavy (non-hydrogen) atoms. The monoisotopic (exact) mass is 463 g/mol. The van der Waals surface area contributed by atoms with E-state index in [1.54, 1.807) is 30.6 Å². The molecule has 1 heterocycles. The third kappa shape index (κ3) is 6.48. The molecular formula is C26H29N3O5. The second kappa shape index (κ2) is 12.2. The smallest absolute Gasteiger partial charge is 0.251 e. The third-order valence-corrected chi connectivity index (χ3v) is 5.17. The van der Waals surface area contributed by atoms with Gasteiger partial charge < -0.3 is 24.8 Å². The number of aromatic nitrogens is 1. The van der Waals surface area contributed by atoms with Gasteiger partial charge in [-0.2, -0.15) is 0 Å². The normalized spacial score (nSPS) is 10.3. The molecule has 1 aromatic heterocycles. The van der Waals surface area contributed by atoms with Gasteiger partial charge in [-0.05, 0) is 47.9 Å². The topological polar surface area (TPSA) is 98.8 Å². The molecule has 2 amide bonds. The summed E-state index contributed by atoms with van der Waals surface area (Å²) in [4.78, 5) is 28.9. The summed E-state index contributed by atoms with van der Waals surface area (Å²) >= 11 is 0. The van der Waals surface area contributed by atoms with Gasteiger partial charge in [-0.3, -0.25) is 14.6 Å². The Hall–Kier alpha value is -4.07. The number of carbonyl (C=O) groups is 2. The van der Waals surface area contributed by atoms with Crippen LogP contribution < -0.4 is 24.8 Å². The van der Waals surface area contributed by atoms with Crippen molar-refractivity contribution < 1.29 is 23.8 Å². The number of rotatable bonds is 11. The second-order valence-corrected chi connectivity index (χ2v) is 7.49. The molecule has 3 aromatic rings. The van der Waals surface area contributed by atoms with Crippen molar-refractivity contribution in [1.82, 2.24) is 15.6 Å². The lowest BCUT2D eigenvalue weighted by Gasteiger charge is -2.14. The fourth-order valence-corrected chi connectivity index (χ4v) is 3.48. The van der Waals surface area contributed by atoms with E-state index in [0.29, 0.717) is 42.3 Å². The number of hydrogen-bond donors (Lipinski definition) is 2. The molecule has 0 saturated carbocycles. The number of pyridine rings is 1. The summed E-state index contributed by atoms with van der Waals surface area (Å²) in [5.41, 5.74) is 3.20. The minimum Gasteiger partial charge on any atom is -0.493 e. The van der Waals surface area contributed by atoms with Crippen LogP contribution >= 0.6 is 0 Å². The molecule has 2 aromatic carbocycles. The Kier molecular flexibility index (Phi) is 8.85. The van der Waals surface area contributed by atoms with Crippen molar-refractivity contribution in [3.63, 3.8) is 0 Å². The summed E-state index contributed by atoms with van der Waals surface area (Å²) in [7, 11) is 4.60. The largest absolute Gasteiger partial charge is 0.493 e. The van der Waals surface area contributed by atoms with Crippen molar-refractivity contribution in [1.29, 1.82) is 0 Å². The molecule has 0 aliphatic carbocycles. The van der Waals surface area contributed by atoms with Crippen LogP contribution in [0.2, 0.25) is 0 Å². The molecule has 0 unspecified atom stereocenters. The van der Waals surface area contributed by atoms with Gasteiger partial charge >= 0.3 is 0 Å². The zero-order valence-electron chi connectivity index (χ0n) is 19.6. The summed E-state index contributed by atoms with van der Waals surface area (Å²) in [6.45, 7) is 0.889. The maximum absolute atomic E-state index is 12.5. The first-order chi connectivity index (χ1) is 16.5. The van der Waals surface area contributed by atoms with Crippen LogP contribution in [0.25, 0.3) is 11.1 Å². The summed E-state index contributed by atoms with van der Waals surface area (Å²) in [5.74, 6) is 1.19. The third-order valence-electron chi connectivity index (χ3n) is 5.17. The maximum Gasteiger partial charge on any atom is 0.251 e. The van der Waals surface area contributed by atoms with E-state index in [4.69, 9.17) is 14.2 Å². The fourth-order valence-electron chi connectivity index (χ4n) is 3.48. The number of methoxy groups -OCH3 is 3. The molecule has 0 saturated heterocycles. The number of nitrogens with one attached hydrogen (secondary N) is 2. The SMILES string of the molecule is COc1cc(CC(=O)NCCCNC(=O)c2cccc(-c3cccnc3)c2)cc(OC)c1OC. The molecule has 2 N–H and O–H groups in total. The predicted molar refractivity (Wildman–Crippen MR) is 129 cm³/mol.